The minimum atomic E-state index is -0.227. The van der Waals surface area contributed by atoms with Crippen LogP contribution in [0.2, 0.25) is 0 Å². The fraction of sp³-hybridized carbons (Fsp3) is 0.450. The van der Waals surface area contributed by atoms with Gasteiger partial charge in [0, 0.05) is 0 Å². The summed E-state index contributed by atoms with van der Waals surface area (Å²) in [6, 6.07) is 0. The largest absolute Gasteiger partial charge is 0.393 e. The maximum atomic E-state index is 10.3. The number of aliphatic hydroxyl groups is 2. The van der Waals surface area contributed by atoms with E-state index in [0.29, 0.717) is 0 Å². The van der Waals surface area contributed by atoms with E-state index in [4.69, 9.17) is 0 Å². The van der Waals surface area contributed by atoms with Crippen molar-refractivity contribution in [2.75, 3.05) is 0 Å². The van der Waals surface area contributed by atoms with Crippen LogP contribution in [0.4, 0.5) is 0 Å². The first-order valence-electron chi connectivity index (χ1n) is 23.2. The molecule has 63 heavy (non-hydrogen) atoms. The lowest BCUT2D eigenvalue weighted by atomic mass is 9.71. The second kappa shape index (κ2) is 26.3. The number of rotatable bonds is 15. The van der Waals surface area contributed by atoms with Gasteiger partial charge in [0.15, 0.2) is 0 Å². The third kappa shape index (κ3) is 20.2. The van der Waals surface area contributed by atoms with Crippen LogP contribution in [0.15, 0.2) is 188 Å². The molecule has 0 aromatic carbocycles. The molecule has 0 unspecified atom stereocenters. The Balaban J connectivity index is 0.000000543. The summed E-state index contributed by atoms with van der Waals surface area (Å²) in [5, 5.41) is 20.2. The fourth-order valence-corrected chi connectivity index (χ4v) is 8.93. The van der Waals surface area contributed by atoms with E-state index in [9.17, 15) is 15.0 Å². The van der Waals surface area contributed by atoms with Crippen LogP contribution < -0.4 is 0 Å². The lowest BCUT2D eigenvalue weighted by Crippen LogP contribution is -2.28. The monoisotopic (exact) mass is 853 g/mol. The molecule has 2 atom stereocenters. The number of carbonyl (C=O) groups is 1. The maximum Gasteiger partial charge on any atom is 0.143 e. The SMILES string of the molecule is CC1=C(/C=C/C(C)=C/C=C/C(C)=C/C=C/C=C(C)/C=C/C=C(C)/C=C/C2=C(C)C[C@@H](O)CC2(C)C)C(C)(C)C[C@H](O)C1.CC1=C(/C=C/C(C)=C/C=C/C(C)=C/C=O)C(C)(C)CCC1. The van der Waals surface area contributed by atoms with Gasteiger partial charge in [-0.25, -0.2) is 0 Å². The second-order valence-electron chi connectivity index (χ2n) is 20.3. The topological polar surface area (TPSA) is 57.5 Å². The maximum absolute atomic E-state index is 10.3. The molecule has 342 valence electrons. The first kappa shape index (κ1) is 54.6. The van der Waals surface area contributed by atoms with Crippen LogP contribution in [0.1, 0.15) is 149 Å². The lowest BCUT2D eigenvalue weighted by molar-refractivity contribution is -0.104. The molecule has 0 aromatic rings. The molecule has 0 radical (unpaired) electrons. The number of aldehydes is 1. The third-order valence-electron chi connectivity index (χ3n) is 12.3. The summed E-state index contributed by atoms with van der Waals surface area (Å²) in [4.78, 5) is 10.3. The minimum absolute atomic E-state index is 0.00547. The Kier molecular flexibility index (Phi) is 22.8. The van der Waals surface area contributed by atoms with Gasteiger partial charge in [-0.2, -0.15) is 0 Å². The number of carbonyl (C=O) groups excluding carboxylic acids is 1. The van der Waals surface area contributed by atoms with Gasteiger partial charge in [-0.15, -0.1) is 0 Å². The molecule has 2 N–H and O–H groups in total. The first-order chi connectivity index (χ1) is 29.5. The number of hydrogen-bond acceptors (Lipinski definition) is 3. The van der Waals surface area contributed by atoms with Crippen molar-refractivity contribution in [3.63, 3.8) is 0 Å². The van der Waals surface area contributed by atoms with Gasteiger partial charge in [-0.1, -0.05) is 202 Å². The van der Waals surface area contributed by atoms with Crippen LogP contribution in [0.3, 0.4) is 0 Å². The molecule has 0 heterocycles. The Bertz CT molecular complexity index is 1980. The number of aliphatic hydroxyl groups excluding tert-OH is 2. The standard InChI is InChI=1S/C40H56O2.C20H28O/c1-29(17-13-19-31(3)21-23-37-33(5)25-35(41)27-39(37,7)8)15-11-12-16-30(2)18-14-20-32(4)22-24-38-34(6)26-36(42)28-40(38,9)10;1-16(8-6-9-17(2)13-15-21)11-12-19-18(3)10-7-14-20(19,4)5/h11-24,35-36,41-42H,25-28H2,1-10H3;6,8-9,11-13,15H,7,10,14H2,1-5H3/b12-11+,17-13+,18-14+,23-21+,24-22+,29-15+,30-16+,31-19+,32-20+;9-6+,12-11+,16-8+,17-13+/t35-,36-;/m1./s1. The van der Waals surface area contributed by atoms with Crippen molar-refractivity contribution in [1.29, 1.82) is 0 Å². The lowest BCUT2D eigenvalue weighted by Gasteiger charge is -2.35. The molecule has 3 aliphatic rings. The Labute approximate surface area is 385 Å². The van der Waals surface area contributed by atoms with Gasteiger partial charge in [0.1, 0.15) is 6.29 Å². The van der Waals surface area contributed by atoms with E-state index >= 15 is 0 Å². The molecular formula is C60H84O3. The molecule has 0 saturated heterocycles. The quantitative estimate of drug-likeness (QED) is 0.0980. The van der Waals surface area contributed by atoms with Gasteiger partial charge in [-0.3, -0.25) is 4.79 Å². The smallest absolute Gasteiger partial charge is 0.143 e. The van der Waals surface area contributed by atoms with Crippen LogP contribution >= 0.6 is 0 Å². The molecule has 0 spiro atoms. The van der Waals surface area contributed by atoms with Crippen molar-refractivity contribution >= 4 is 6.29 Å². The van der Waals surface area contributed by atoms with Crippen molar-refractivity contribution < 1.29 is 15.0 Å². The van der Waals surface area contributed by atoms with E-state index in [1.165, 1.54) is 80.6 Å². The summed E-state index contributed by atoms with van der Waals surface area (Å²) in [6.45, 7) is 32.6. The third-order valence-corrected chi connectivity index (χ3v) is 12.3. The van der Waals surface area contributed by atoms with Crippen LogP contribution in [0, 0.1) is 16.2 Å². The predicted octanol–water partition coefficient (Wildman–Crippen LogP) is 16.3. The van der Waals surface area contributed by atoms with Gasteiger partial charge >= 0.3 is 0 Å². The second-order valence-corrected chi connectivity index (χ2v) is 20.3. The van der Waals surface area contributed by atoms with Crippen molar-refractivity contribution in [3.05, 3.63) is 188 Å². The molecule has 0 saturated carbocycles. The minimum Gasteiger partial charge on any atom is -0.393 e. The van der Waals surface area contributed by atoms with Gasteiger partial charge in [0.2, 0.25) is 0 Å². The van der Waals surface area contributed by atoms with Gasteiger partial charge < -0.3 is 10.2 Å². The van der Waals surface area contributed by atoms with E-state index in [1.54, 1.807) is 6.08 Å². The van der Waals surface area contributed by atoms with E-state index in [1.807, 2.05) is 19.1 Å². The zero-order valence-corrected chi connectivity index (χ0v) is 42.0. The Morgan fingerprint density at radius 1 is 0.460 bits per heavy atom. The molecule has 0 amide bonds. The average molecular weight is 853 g/mol. The van der Waals surface area contributed by atoms with Crippen molar-refractivity contribution in [1.82, 2.24) is 0 Å². The van der Waals surface area contributed by atoms with Gasteiger partial charge in [0.25, 0.3) is 0 Å². The fourth-order valence-electron chi connectivity index (χ4n) is 8.93. The molecule has 0 aromatic heterocycles. The van der Waals surface area contributed by atoms with E-state index < -0.39 is 0 Å². The summed E-state index contributed by atoms with van der Waals surface area (Å²) in [5.41, 5.74) is 15.5. The van der Waals surface area contributed by atoms with Crippen molar-refractivity contribution in [2.24, 2.45) is 16.2 Å². The molecule has 3 nitrogen and oxygen atoms in total. The highest BCUT2D eigenvalue weighted by atomic mass is 16.3. The molecule has 3 aliphatic carbocycles. The summed E-state index contributed by atoms with van der Waals surface area (Å²) in [6.07, 6.45) is 49.3. The van der Waals surface area contributed by atoms with Gasteiger partial charge in [0.05, 0.1) is 12.2 Å². The van der Waals surface area contributed by atoms with Gasteiger partial charge in [-0.05, 0) is 152 Å². The highest BCUT2D eigenvalue weighted by Gasteiger charge is 2.32. The summed E-state index contributed by atoms with van der Waals surface area (Å²) >= 11 is 0. The molecule has 0 fully saturated rings. The van der Waals surface area contributed by atoms with E-state index in [2.05, 4.69) is 200 Å². The Morgan fingerprint density at radius 2 is 0.778 bits per heavy atom. The summed E-state index contributed by atoms with van der Waals surface area (Å²) < 4.78 is 0. The van der Waals surface area contributed by atoms with Crippen LogP contribution in [-0.4, -0.2) is 28.7 Å². The first-order valence-corrected chi connectivity index (χ1v) is 23.2. The summed E-state index contributed by atoms with van der Waals surface area (Å²) in [7, 11) is 0. The van der Waals surface area contributed by atoms with Crippen LogP contribution in [0.5, 0.6) is 0 Å². The van der Waals surface area contributed by atoms with Crippen LogP contribution in [-0.2, 0) is 4.79 Å². The zero-order valence-electron chi connectivity index (χ0n) is 42.0. The summed E-state index contributed by atoms with van der Waals surface area (Å²) in [5.74, 6) is 0. The number of hydrogen-bond donors (Lipinski definition) is 2. The average Bonchev–Trinajstić information content (AvgIpc) is 3.15. The molecule has 0 aliphatic heterocycles. The molecular weight excluding hydrogens is 769 g/mol. The number of allylic oxidation sites excluding steroid dienone is 30. The van der Waals surface area contributed by atoms with Crippen molar-refractivity contribution in [3.8, 4) is 0 Å². The molecule has 0 bridgehead atoms. The Hall–Kier alpha value is -4.57. The highest BCUT2D eigenvalue weighted by molar-refractivity contribution is 5.67. The highest BCUT2D eigenvalue weighted by Crippen LogP contribution is 2.43. The van der Waals surface area contributed by atoms with E-state index in [0.717, 1.165) is 37.5 Å². The normalized spacial score (nSPS) is 23.6. The van der Waals surface area contributed by atoms with E-state index in [-0.39, 0.29) is 28.5 Å². The van der Waals surface area contributed by atoms with Crippen molar-refractivity contribution in [2.45, 2.75) is 161 Å². The zero-order chi connectivity index (χ0) is 47.4. The predicted molar refractivity (Wildman–Crippen MR) is 276 cm³/mol. The van der Waals surface area contributed by atoms with Crippen LogP contribution in [0.25, 0.3) is 0 Å². The molecule has 3 rings (SSSR count). The molecule has 3 heteroatoms. The Morgan fingerprint density at radius 3 is 1.11 bits per heavy atom.